The maximum absolute atomic E-state index is 12.4. The van der Waals surface area contributed by atoms with E-state index < -0.39 is 6.10 Å². The van der Waals surface area contributed by atoms with E-state index in [0.717, 1.165) is 24.2 Å². The average molecular weight is 301 g/mol. The maximum atomic E-state index is 12.4. The molecule has 1 atom stereocenters. The molecule has 1 aliphatic carbocycles. The Kier molecular flexibility index (Phi) is 4.16. The lowest BCUT2D eigenvalue weighted by Crippen LogP contribution is -2.33. The number of fused-ring (bicyclic) bond motifs is 1. The Morgan fingerprint density at radius 3 is 2.91 bits per heavy atom. The first-order chi connectivity index (χ1) is 10.6. The first kappa shape index (κ1) is 15.0. The van der Waals surface area contributed by atoms with Crippen molar-refractivity contribution in [3.8, 4) is 0 Å². The van der Waals surface area contributed by atoms with Gasteiger partial charge in [0, 0.05) is 18.7 Å². The molecule has 0 spiro atoms. The van der Waals surface area contributed by atoms with Crippen LogP contribution >= 0.6 is 0 Å². The lowest BCUT2D eigenvalue weighted by Gasteiger charge is -2.13. The van der Waals surface area contributed by atoms with Crippen LogP contribution in [-0.4, -0.2) is 33.0 Å². The van der Waals surface area contributed by atoms with Gasteiger partial charge in [-0.2, -0.15) is 0 Å². The number of aromatic nitrogens is 2. The number of aliphatic hydroxyl groups is 1. The van der Waals surface area contributed by atoms with Gasteiger partial charge in [0.1, 0.15) is 5.82 Å². The number of carbonyl (C=O) groups is 1. The van der Waals surface area contributed by atoms with E-state index in [2.05, 4.69) is 24.1 Å². The van der Waals surface area contributed by atoms with Gasteiger partial charge in [-0.3, -0.25) is 4.79 Å². The van der Waals surface area contributed by atoms with Gasteiger partial charge in [0.2, 0.25) is 0 Å². The Balaban J connectivity index is 1.76. The molecule has 2 aromatic rings. The van der Waals surface area contributed by atoms with E-state index in [1.807, 2.05) is 28.8 Å². The van der Waals surface area contributed by atoms with E-state index in [1.54, 1.807) is 0 Å². The van der Waals surface area contributed by atoms with Crippen LogP contribution in [0.4, 0.5) is 0 Å². The molecule has 1 fully saturated rings. The molecule has 5 heteroatoms. The van der Waals surface area contributed by atoms with E-state index in [9.17, 15) is 9.90 Å². The molecule has 1 unspecified atom stereocenters. The molecular weight excluding hydrogens is 278 g/mol. The number of carbonyl (C=O) groups excluding carboxylic acids is 1. The summed E-state index contributed by atoms with van der Waals surface area (Å²) in [5.74, 6) is 1.65. The second-order valence-corrected chi connectivity index (χ2v) is 6.54. The number of rotatable bonds is 6. The molecular formula is C17H23N3O2. The number of aliphatic hydroxyl groups excluding tert-OH is 1. The number of amides is 1. The second-order valence-electron chi connectivity index (χ2n) is 6.54. The van der Waals surface area contributed by atoms with Crippen molar-refractivity contribution in [3.63, 3.8) is 0 Å². The van der Waals surface area contributed by atoms with E-state index in [-0.39, 0.29) is 12.5 Å². The molecule has 0 aliphatic heterocycles. The summed E-state index contributed by atoms with van der Waals surface area (Å²) in [4.78, 5) is 17.0. The first-order valence-electron chi connectivity index (χ1n) is 7.99. The van der Waals surface area contributed by atoms with Crippen LogP contribution in [0.5, 0.6) is 0 Å². The molecule has 2 aromatic heterocycles. The highest BCUT2D eigenvalue weighted by atomic mass is 16.3. The summed E-state index contributed by atoms with van der Waals surface area (Å²) in [6.07, 6.45) is 4.41. The summed E-state index contributed by atoms with van der Waals surface area (Å²) >= 11 is 0. The third-order valence-electron chi connectivity index (χ3n) is 3.97. The molecule has 1 saturated carbocycles. The van der Waals surface area contributed by atoms with Gasteiger partial charge in [-0.25, -0.2) is 4.98 Å². The van der Waals surface area contributed by atoms with Gasteiger partial charge in [0.05, 0.1) is 11.6 Å². The number of hydrogen-bond donors (Lipinski definition) is 2. The standard InChI is InChI=1S/C17H23N3O2/c1-11(2)9-13(21)10-18-17(22)15-14-5-3-4-8-20(14)16(19-15)12-6-7-12/h3-5,8,11-13,21H,6-7,9-10H2,1-2H3,(H,18,22). The van der Waals surface area contributed by atoms with Crippen LogP contribution in [0.25, 0.3) is 5.52 Å². The van der Waals surface area contributed by atoms with Gasteiger partial charge >= 0.3 is 0 Å². The van der Waals surface area contributed by atoms with Crippen molar-refractivity contribution in [3.05, 3.63) is 35.9 Å². The average Bonchev–Trinajstić information content (AvgIpc) is 3.25. The van der Waals surface area contributed by atoms with E-state index in [0.29, 0.717) is 24.0 Å². The molecule has 2 heterocycles. The molecule has 1 aliphatic rings. The fourth-order valence-electron chi connectivity index (χ4n) is 2.78. The normalized spacial score (nSPS) is 16.2. The molecule has 0 bridgehead atoms. The van der Waals surface area contributed by atoms with Gasteiger partial charge < -0.3 is 14.8 Å². The zero-order valence-electron chi connectivity index (χ0n) is 13.1. The Bertz CT molecular complexity index is 674. The van der Waals surface area contributed by atoms with E-state index in [1.165, 1.54) is 0 Å². The summed E-state index contributed by atoms with van der Waals surface area (Å²) in [6, 6.07) is 5.78. The van der Waals surface area contributed by atoms with Crippen LogP contribution in [0.1, 0.15) is 55.3 Å². The van der Waals surface area contributed by atoms with Crippen molar-refractivity contribution < 1.29 is 9.90 Å². The van der Waals surface area contributed by atoms with E-state index in [4.69, 9.17) is 0 Å². The summed E-state index contributed by atoms with van der Waals surface area (Å²) < 4.78 is 2.01. The number of imidazole rings is 1. The first-order valence-corrected chi connectivity index (χ1v) is 7.99. The molecule has 0 saturated heterocycles. The Hall–Kier alpha value is -1.88. The summed E-state index contributed by atoms with van der Waals surface area (Å²) in [7, 11) is 0. The predicted octanol–water partition coefficient (Wildman–Crippen LogP) is 2.35. The predicted molar refractivity (Wildman–Crippen MR) is 85.0 cm³/mol. The molecule has 2 N–H and O–H groups in total. The third-order valence-corrected chi connectivity index (χ3v) is 3.97. The van der Waals surface area contributed by atoms with Gasteiger partial charge in [0.15, 0.2) is 5.69 Å². The number of nitrogens with one attached hydrogen (secondary N) is 1. The largest absolute Gasteiger partial charge is 0.391 e. The monoisotopic (exact) mass is 301 g/mol. The van der Waals surface area contributed by atoms with Crippen molar-refractivity contribution >= 4 is 11.4 Å². The van der Waals surface area contributed by atoms with Crippen molar-refractivity contribution in [2.45, 2.75) is 45.1 Å². The Morgan fingerprint density at radius 2 is 2.23 bits per heavy atom. The zero-order chi connectivity index (χ0) is 15.7. The number of nitrogens with zero attached hydrogens (tertiary/aromatic N) is 2. The lowest BCUT2D eigenvalue weighted by atomic mass is 10.1. The quantitative estimate of drug-likeness (QED) is 0.860. The summed E-state index contributed by atoms with van der Waals surface area (Å²) in [6.45, 7) is 4.37. The minimum absolute atomic E-state index is 0.210. The highest BCUT2D eigenvalue weighted by Gasteiger charge is 2.30. The Labute approximate surface area is 130 Å². The van der Waals surface area contributed by atoms with Crippen LogP contribution in [-0.2, 0) is 0 Å². The highest BCUT2D eigenvalue weighted by Crippen LogP contribution is 2.39. The minimum Gasteiger partial charge on any atom is -0.391 e. The van der Waals surface area contributed by atoms with Crippen LogP contribution in [0, 0.1) is 5.92 Å². The fourth-order valence-corrected chi connectivity index (χ4v) is 2.78. The number of pyridine rings is 1. The zero-order valence-corrected chi connectivity index (χ0v) is 13.1. The molecule has 1 amide bonds. The molecule has 3 rings (SSSR count). The van der Waals surface area contributed by atoms with Crippen LogP contribution in [0.15, 0.2) is 24.4 Å². The third kappa shape index (κ3) is 3.14. The van der Waals surface area contributed by atoms with Crippen molar-refractivity contribution in [2.75, 3.05) is 6.54 Å². The lowest BCUT2D eigenvalue weighted by molar-refractivity contribution is 0.0897. The number of hydrogen-bond acceptors (Lipinski definition) is 3. The Morgan fingerprint density at radius 1 is 1.45 bits per heavy atom. The second kappa shape index (κ2) is 6.08. The van der Waals surface area contributed by atoms with Gasteiger partial charge in [-0.1, -0.05) is 19.9 Å². The van der Waals surface area contributed by atoms with Gasteiger partial charge in [-0.15, -0.1) is 0 Å². The summed E-state index contributed by atoms with van der Waals surface area (Å²) in [5, 5.41) is 12.7. The molecule has 0 radical (unpaired) electrons. The molecule has 22 heavy (non-hydrogen) atoms. The summed E-state index contributed by atoms with van der Waals surface area (Å²) in [5.41, 5.74) is 1.29. The van der Waals surface area contributed by atoms with Crippen LogP contribution in [0.3, 0.4) is 0 Å². The van der Waals surface area contributed by atoms with Crippen molar-refractivity contribution in [2.24, 2.45) is 5.92 Å². The molecule has 118 valence electrons. The van der Waals surface area contributed by atoms with Gasteiger partial charge in [-0.05, 0) is 37.3 Å². The topological polar surface area (TPSA) is 66.6 Å². The fraction of sp³-hybridized carbons (Fsp3) is 0.529. The highest BCUT2D eigenvalue weighted by molar-refractivity contribution is 5.99. The SMILES string of the molecule is CC(C)CC(O)CNC(=O)c1nc(C2CC2)n2ccccc12. The van der Waals surface area contributed by atoms with Gasteiger partial charge in [0.25, 0.3) is 5.91 Å². The van der Waals surface area contributed by atoms with Crippen LogP contribution in [0.2, 0.25) is 0 Å². The molecule has 5 nitrogen and oxygen atoms in total. The van der Waals surface area contributed by atoms with Crippen molar-refractivity contribution in [1.82, 2.24) is 14.7 Å². The van der Waals surface area contributed by atoms with Crippen molar-refractivity contribution in [1.29, 1.82) is 0 Å². The van der Waals surface area contributed by atoms with E-state index >= 15 is 0 Å². The smallest absolute Gasteiger partial charge is 0.272 e. The molecule has 0 aromatic carbocycles. The maximum Gasteiger partial charge on any atom is 0.272 e. The minimum atomic E-state index is -0.513. The van der Waals surface area contributed by atoms with Crippen LogP contribution < -0.4 is 5.32 Å².